The largest absolute Gasteiger partial charge is 0.359 e. The molecule has 0 unspecified atom stereocenters. The SMILES string of the molecule is CC(C)c1c[nH]c2c(N3CCCC3=O)cccc12. The van der Waals surface area contributed by atoms with Gasteiger partial charge in [-0.3, -0.25) is 4.79 Å². The zero-order valence-corrected chi connectivity index (χ0v) is 10.9. The molecule has 1 aromatic heterocycles. The van der Waals surface area contributed by atoms with Crippen LogP contribution in [0, 0.1) is 0 Å². The fourth-order valence-electron chi connectivity index (χ4n) is 2.77. The minimum absolute atomic E-state index is 0.239. The lowest BCUT2D eigenvalue weighted by atomic mass is 10.0. The molecular formula is C15H18N2O. The second kappa shape index (κ2) is 4.16. The summed E-state index contributed by atoms with van der Waals surface area (Å²) in [6, 6.07) is 6.21. The molecule has 2 heterocycles. The van der Waals surface area contributed by atoms with Gasteiger partial charge in [-0.15, -0.1) is 0 Å². The smallest absolute Gasteiger partial charge is 0.227 e. The number of anilines is 1. The van der Waals surface area contributed by atoms with Crippen LogP contribution in [0.25, 0.3) is 10.9 Å². The number of H-pyrrole nitrogens is 1. The predicted molar refractivity (Wildman–Crippen MR) is 74.0 cm³/mol. The van der Waals surface area contributed by atoms with E-state index in [1.807, 2.05) is 17.0 Å². The number of carbonyl (C=O) groups is 1. The maximum absolute atomic E-state index is 11.9. The highest BCUT2D eigenvalue weighted by Crippen LogP contribution is 2.33. The molecule has 2 aromatic rings. The van der Waals surface area contributed by atoms with E-state index in [0.717, 1.165) is 24.2 Å². The van der Waals surface area contributed by atoms with E-state index in [0.29, 0.717) is 12.3 Å². The zero-order valence-electron chi connectivity index (χ0n) is 10.9. The van der Waals surface area contributed by atoms with Crippen LogP contribution >= 0.6 is 0 Å². The molecule has 1 saturated heterocycles. The number of benzene rings is 1. The van der Waals surface area contributed by atoms with E-state index >= 15 is 0 Å². The minimum atomic E-state index is 0.239. The lowest BCUT2D eigenvalue weighted by Crippen LogP contribution is -2.23. The summed E-state index contributed by atoms with van der Waals surface area (Å²) in [7, 11) is 0. The van der Waals surface area contributed by atoms with Gasteiger partial charge in [-0.25, -0.2) is 0 Å². The van der Waals surface area contributed by atoms with Crippen molar-refractivity contribution in [2.75, 3.05) is 11.4 Å². The Morgan fingerprint density at radius 2 is 2.17 bits per heavy atom. The van der Waals surface area contributed by atoms with Gasteiger partial charge in [-0.2, -0.15) is 0 Å². The van der Waals surface area contributed by atoms with Crippen molar-refractivity contribution in [2.45, 2.75) is 32.6 Å². The Balaban J connectivity index is 2.16. The van der Waals surface area contributed by atoms with Crippen LogP contribution in [0.1, 0.15) is 38.2 Å². The van der Waals surface area contributed by atoms with Crippen molar-refractivity contribution in [3.63, 3.8) is 0 Å². The number of aromatic amines is 1. The van der Waals surface area contributed by atoms with Gasteiger partial charge < -0.3 is 9.88 Å². The number of para-hydroxylation sites is 1. The number of hydrogen-bond acceptors (Lipinski definition) is 1. The molecule has 0 aliphatic carbocycles. The average Bonchev–Trinajstić information content (AvgIpc) is 2.94. The number of carbonyl (C=O) groups excluding carboxylic acids is 1. The summed E-state index contributed by atoms with van der Waals surface area (Å²) in [6.45, 7) is 5.22. The van der Waals surface area contributed by atoms with E-state index in [1.165, 1.54) is 10.9 Å². The van der Waals surface area contributed by atoms with Gasteiger partial charge in [0.25, 0.3) is 0 Å². The number of aromatic nitrogens is 1. The molecule has 0 spiro atoms. The lowest BCUT2D eigenvalue weighted by molar-refractivity contribution is -0.117. The Morgan fingerprint density at radius 1 is 1.33 bits per heavy atom. The third kappa shape index (κ3) is 1.62. The molecule has 1 N–H and O–H groups in total. The first-order valence-corrected chi connectivity index (χ1v) is 6.59. The maximum Gasteiger partial charge on any atom is 0.227 e. The van der Waals surface area contributed by atoms with Crippen molar-refractivity contribution < 1.29 is 4.79 Å². The highest BCUT2D eigenvalue weighted by atomic mass is 16.2. The molecule has 94 valence electrons. The standard InChI is InChI=1S/C15H18N2O/c1-10(2)12-9-16-15-11(12)5-3-6-13(15)17-8-4-7-14(17)18/h3,5-6,9-10,16H,4,7-8H2,1-2H3. The summed E-state index contributed by atoms with van der Waals surface area (Å²) in [5.74, 6) is 0.728. The molecule has 18 heavy (non-hydrogen) atoms. The molecular weight excluding hydrogens is 224 g/mol. The summed E-state index contributed by atoms with van der Waals surface area (Å²) in [5, 5.41) is 1.24. The van der Waals surface area contributed by atoms with E-state index in [2.05, 4.69) is 31.1 Å². The summed E-state index contributed by atoms with van der Waals surface area (Å²) in [4.78, 5) is 17.1. The van der Waals surface area contributed by atoms with Crippen LogP contribution in [0.5, 0.6) is 0 Å². The minimum Gasteiger partial charge on any atom is -0.359 e. The molecule has 1 amide bonds. The van der Waals surface area contributed by atoms with Gasteiger partial charge in [0.1, 0.15) is 0 Å². The fourth-order valence-corrected chi connectivity index (χ4v) is 2.77. The Morgan fingerprint density at radius 3 is 2.83 bits per heavy atom. The van der Waals surface area contributed by atoms with Gasteiger partial charge in [0.05, 0.1) is 11.2 Å². The van der Waals surface area contributed by atoms with E-state index in [4.69, 9.17) is 0 Å². The fraction of sp³-hybridized carbons (Fsp3) is 0.400. The highest BCUT2D eigenvalue weighted by Gasteiger charge is 2.24. The maximum atomic E-state index is 11.9. The molecule has 0 atom stereocenters. The van der Waals surface area contributed by atoms with Gasteiger partial charge in [-0.05, 0) is 24.0 Å². The van der Waals surface area contributed by atoms with Crippen LogP contribution in [-0.4, -0.2) is 17.4 Å². The molecule has 1 aliphatic rings. The second-order valence-electron chi connectivity index (χ2n) is 5.25. The van der Waals surface area contributed by atoms with Gasteiger partial charge in [0, 0.05) is 24.5 Å². The average molecular weight is 242 g/mol. The topological polar surface area (TPSA) is 36.1 Å². The van der Waals surface area contributed by atoms with Crippen molar-refractivity contribution in [2.24, 2.45) is 0 Å². The number of amides is 1. The van der Waals surface area contributed by atoms with Crippen molar-refractivity contribution in [3.8, 4) is 0 Å². The molecule has 1 aromatic carbocycles. The molecule has 3 heteroatoms. The Hall–Kier alpha value is -1.77. The third-order valence-corrected chi connectivity index (χ3v) is 3.71. The molecule has 0 saturated carbocycles. The van der Waals surface area contributed by atoms with Crippen LogP contribution in [0.3, 0.4) is 0 Å². The molecule has 1 aliphatic heterocycles. The van der Waals surface area contributed by atoms with Crippen LogP contribution in [0.4, 0.5) is 5.69 Å². The molecule has 3 nitrogen and oxygen atoms in total. The van der Waals surface area contributed by atoms with E-state index < -0.39 is 0 Å². The van der Waals surface area contributed by atoms with Crippen molar-refractivity contribution in [1.29, 1.82) is 0 Å². The number of rotatable bonds is 2. The predicted octanol–water partition coefficient (Wildman–Crippen LogP) is 3.42. The Kier molecular flexibility index (Phi) is 2.62. The van der Waals surface area contributed by atoms with Crippen LogP contribution < -0.4 is 4.90 Å². The summed E-state index contributed by atoms with van der Waals surface area (Å²) < 4.78 is 0. The van der Waals surface area contributed by atoms with Crippen molar-refractivity contribution in [3.05, 3.63) is 30.0 Å². The normalized spacial score (nSPS) is 16.2. The van der Waals surface area contributed by atoms with E-state index in [9.17, 15) is 4.79 Å². The molecule has 0 radical (unpaired) electrons. The Bertz CT molecular complexity index is 598. The van der Waals surface area contributed by atoms with Crippen LogP contribution in [-0.2, 0) is 4.79 Å². The number of hydrogen-bond donors (Lipinski definition) is 1. The first-order valence-electron chi connectivity index (χ1n) is 6.59. The van der Waals surface area contributed by atoms with Gasteiger partial charge in [-0.1, -0.05) is 26.0 Å². The summed E-state index contributed by atoms with van der Waals surface area (Å²) in [5.41, 5.74) is 3.44. The second-order valence-corrected chi connectivity index (χ2v) is 5.25. The Labute approximate surface area is 107 Å². The molecule has 0 bridgehead atoms. The van der Waals surface area contributed by atoms with Gasteiger partial charge in [0.15, 0.2) is 0 Å². The van der Waals surface area contributed by atoms with Gasteiger partial charge in [0.2, 0.25) is 5.91 Å². The lowest BCUT2D eigenvalue weighted by Gasteiger charge is -2.16. The van der Waals surface area contributed by atoms with Crippen molar-refractivity contribution in [1.82, 2.24) is 4.98 Å². The summed E-state index contributed by atoms with van der Waals surface area (Å²) in [6.07, 6.45) is 3.71. The van der Waals surface area contributed by atoms with Crippen LogP contribution in [0.2, 0.25) is 0 Å². The van der Waals surface area contributed by atoms with E-state index in [-0.39, 0.29) is 5.91 Å². The number of fused-ring (bicyclic) bond motifs is 1. The van der Waals surface area contributed by atoms with E-state index in [1.54, 1.807) is 0 Å². The van der Waals surface area contributed by atoms with Crippen molar-refractivity contribution >= 4 is 22.5 Å². The van der Waals surface area contributed by atoms with Gasteiger partial charge >= 0.3 is 0 Å². The quantitative estimate of drug-likeness (QED) is 0.860. The first-order chi connectivity index (χ1) is 8.68. The van der Waals surface area contributed by atoms with Crippen LogP contribution in [0.15, 0.2) is 24.4 Å². The number of nitrogens with one attached hydrogen (secondary N) is 1. The summed E-state index contributed by atoms with van der Waals surface area (Å²) >= 11 is 0. The third-order valence-electron chi connectivity index (χ3n) is 3.71. The zero-order chi connectivity index (χ0) is 12.7. The molecule has 3 rings (SSSR count). The monoisotopic (exact) mass is 242 g/mol. The number of nitrogens with zero attached hydrogens (tertiary/aromatic N) is 1. The highest BCUT2D eigenvalue weighted by molar-refractivity contribution is 6.04. The molecule has 1 fully saturated rings. The first kappa shape index (κ1) is 11.3.